The summed E-state index contributed by atoms with van der Waals surface area (Å²) in [5.41, 5.74) is 4.90. The molecular formula is C6H13N3O2. The third-order valence-electron chi connectivity index (χ3n) is 1.16. The van der Waals surface area contributed by atoms with Crippen molar-refractivity contribution in [3.8, 4) is 0 Å². The molecular weight excluding hydrogens is 146 g/mol. The Bertz CT molecular complexity index is 158. The van der Waals surface area contributed by atoms with Crippen LogP contribution in [0.1, 0.15) is 13.8 Å². The van der Waals surface area contributed by atoms with E-state index in [2.05, 4.69) is 5.32 Å². The number of carbonyl (C=O) groups is 2. The molecule has 0 saturated carbocycles. The number of carbonyl (C=O) groups excluding carboxylic acids is 2. The predicted octanol–water partition coefficient (Wildman–Crippen LogP) is 0.117. The van der Waals surface area contributed by atoms with Gasteiger partial charge in [-0.15, -0.1) is 0 Å². The van der Waals surface area contributed by atoms with E-state index in [-0.39, 0.29) is 0 Å². The van der Waals surface area contributed by atoms with E-state index in [1.165, 1.54) is 0 Å². The van der Waals surface area contributed by atoms with Crippen molar-refractivity contribution < 1.29 is 9.59 Å². The normalized spacial score (nSPS) is 8.91. The summed E-state index contributed by atoms with van der Waals surface area (Å²) in [6.07, 6.45) is 0. The van der Waals surface area contributed by atoms with Crippen LogP contribution in [-0.2, 0) is 0 Å². The van der Waals surface area contributed by atoms with Crippen LogP contribution in [0.2, 0.25) is 0 Å². The van der Waals surface area contributed by atoms with Gasteiger partial charge < -0.3 is 11.1 Å². The number of imide groups is 1. The molecule has 0 saturated heterocycles. The van der Waals surface area contributed by atoms with Gasteiger partial charge in [-0.25, -0.2) is 14.5 Å². The fourth-order valence-electron chi connectivity index (χ4n) is 0.646. The van der Waals surface area contributed by atoms with Crippen LogP contribution in [0.25, 0.3) is 0 Å². The van der Waals surface area contributed by atoms with Crippen molar-refractivity contribution in [3.05, 3.63) is 0 Å². The molecule has 5 heteroatoms. The number of urea groups is 2. The molecule has 0 unspecified atom stereocenters. The highest BCUT2D eigenvalue weighted by Crippen LogP contribution is 1.87. The number of nitrogens with one attached hydrogen (secondary N) is 1. The Hall–Kier alpha value is -1.26. The minimum atomic E-state index is -0.724. The van der Waals surface area contributed by atoms with Crippen LogP contribution >= 0.6 is 0 Å². The topological polar surface area (TPSA) is 75.4 Å². The van der Waals surface area contributed by atoms with Gasteiger partial charge in [0.1, 0.15) is 0 Å². The van der Waals surface area contributed by atoms with Crippen LogP contribution in [0, 0.1) is 0 Å². The van der Waals surface area contributed by atoms with Gasteiger partial charge in [0, 0.05) is 13.1 Å². The van der Waals surface area contributed by atoms with Crippen molar-refractivity contribution >= 4 is 12.1 Å². The molecule has 0 atom stereocenters. The maximum atomic E-state index is 10.9. The van der Waals surface area contributed by atoms with E-state index in [9.17, 15) is 9.59 Å². The first-order chi connectivity index (χ1) is 5.13. The molecule has 0 heterocycles. The molecule has 5 nitrogen and oxygen atoms in total. The van der Waals surface area contributed by atoms with Gasteiger partial charge >= 0.3 is 12.1 Å². The summed E-state index contributed by atoms with van der Waals surface area (Å²) in [6.45, 7) is 4.23. The number of nitrogens with two attached hydrogens (primary N) is 1. The van der Waals surface area contributed by atoms with Crippen LogP contribution in [-0.4, -0.2) is 30.1 Å². The summed E-state index contributed by atoms with van der Waals surface area (Å²) >= 11 is 0. The summed E-state index contributed by atoms with van der Waals surface area (Å²) < 4.78 is 0. The number of primary amides is 1. The first-order valence-corrected chi connectivity index (χ1v) is 3.48. The first-order valence-electron chi connectivity index (χ1n) is 3.48. The quantitative estimate of drug-likeness (QED) is 0.600. The van der Waals surface area contributed by atoms with E-state index in [0.717, 1.165) is 4.90 Å². The minimum Gasteiger partial charge on any atom is -0.351 e. The van der Waals surface area contributed by atoms with Crippen LogP contribution < -0.4 is 11.1 Å². The molecule has 0 fully saturated rings. The first kappa shape index (κ1) is 9.74. The Kier molecular flexibility index (Phi) is 4.02. The molecule has 3 N–H and O–H groups in total. The zero-order valence-corrected chi connectivity index (χ0v) is 6.76. The molecule has 0 aliphatic rings. The van der Waals surface area contributed by atoms with E-state index in [1.54, 1.807) is 13.8 Å². The highest BCUT2D eigenvalue weighted by molar-refractivity contribution is 5.92. The number of rotatable bonds is 2. The van der Waals surface area contributed by atoms with Gasteiger partial charge in [-0.2, -0.15) is 0 Å². The van der Waals surface area contributed by atoms with E-state index in [4.69, 9.17) is 5.73 Å². The summed E-state index contributed by atoms with van der Waals surface area (Å²) in [6, 6.07) is -1.17. The number of amides is 4. The van der Waals surface area contributed by atoms with Crippen LogP contribution in [0.4, 0.5) is 9.59 Å². The van der Waals surface area contributed by atoms with Crippen LogP contribution in [0.15, 0.2) is 0 Å². The molecule has 0 radical (unpaired) electrons. The monoisotopic (exact) mass is 159 g/mol. The second kappa shape index (κ2) is 4.54. The average Bonchev–Trinajstić information content (AvgIpc) is 1.88. The summed E-state index contributed by atoms with van der Waals surface area (Å²) in [5, 5.41) is 2.46. The van der Waals surface area contributed by atoms with Gasteiger partial charge in [0.05, 0.1) is 0 Å². The Morgan fingerprint density at radius 2 is 2.00 bits per heavy atom. The van der Waals surface area contributed by atoms with Crippen molar-refractivity contribution in [1.82, 2.24) is 10.2 Å². The molecule has 0 bridgehead atoms. The lowest BCUT2D eigenvalue weighted by Gasteiger charge is -2.15. The molecule has 0 aliphatic heterocycles. The molecule has 11 heavy (non-hydrogen) atoms. The van der Waals surface area contributed by atoms with Crippen LogP contribution in [0.5, 0.6) is 0 Å². The van der Waals surface area contributed by atoms with Gasteiger partial charge in [-0.3, -0.25) is 0 Å². The number of nitrogens with zero attached hydrogens (tertiary/aromatic N) is 1. The number of hydrogen-bond acceptors (Lipinski definition) is 2. The third kappa shape index (κ3) is 2.88. The van der Waals surface area contributed by atoms with Crippen molar-refractivity contribution in [2.75, 3.05) is 13.1 Å². The smallest absolute Gasteiger partial charge is 0.325 e. The lowest BCUT2D eigenvalue weighted by molar-refractivity contribution is 0.194. The highest BCUT2D eigenvalue weighted by atomic mass is 16.2. The second-order valence-corrected chi connectivity index (χ2v) is 1.92. The van der Waals surface area contributed by atoms with Crippen molar-refractivity contribution in [3.63, 3.8) is 0 Å². The van der Waals surface area contributed by atoms with E-state index in [0.29, 0.717) is 13.1 Å². The zero-order chi connectivity index (χ0) is 8.85. The van der Waals surface area contributed by atoms with E-state index < -0.39 is 12.1 Å². The lowest BCUT2D eigenvalue weighted by atomic mass is 10.6. The Morgan fingerprint density at radius 1 is 1.45 bits per heavy atom. The molecule has 0 aromatic rings. The highest BCUT2D eigenvalue weighted by Gasteiger charge is 2.14. The standard InChI is InChI=1S/C6H13N3O2/c1-3-8-6(11)9(4-2)5(7)10/h3-4H2,1-2H3,(H2,7,10)(H,8,11). The largest absolute Gasteiger partial charge is 0.351 e. The predicted molar refractivity (Wildman–Crippen MR) is 41.0 cm³/mol. The molecule has 0 aliphatic carbocycles. The molecule has 0 aromatic heterocycles. The van der Waals surface area contributed by atoms with Crippen molar-refractivity contribution in [2.45, 2.75) is 13.8 Å². The SMILES string of the molecule is CCNC(=O)N(CC)C(N)=O. The summed E-state index contributed by atoms with van der Waals surface area (Å²) in [4.78, 5) is 22.4. The van der Waals surface area contributed by atoms with Gasteiger partial charge in [-0.05, 0) is 13.8 Å². The Labute approximate surface area is 65.5 Å². The molecule has 0 aromatic carbocycles. The van der Waals surface area contributed by atoms with Gasteiger partial charge in [-0.1, -0.05) is 0 Å². The van der Waals surface area contributed by atoms with E-state index in [1.807, 2.05) is 0 Å². The van der Waals surface area contributed by atoms with E-state index >= 15 is 0 Å². The fourth-order valence-corrected chi connectivity index (χ4v) is 0.646. The summed E-state index contributed by atoms with van der Waals surface area (Å²) in [5.74, 6) is 0. The second-order valence-electron chi connectivity index (χ2n) is 1.92. The molecule has 0 rings (SSSR count). The minimum absolute atomic E-state index is 0.293. The maximum Gasteiger partial charge on any atom is 0.325 e. The molecule has 64 valence electrons. The zero-order valence-electron chi connectivity index (χ0n) is 6.76. The van der Waals surface area contributed by atoms with Crippen LogP contribution in [0.3, 0.4) is 0 Å². The third-order valence-corrected chi connectivity index (χ3v) is 1.16. The van der Waals surface area contributed by atoms with Gasteiger partial charge in [0.25, 0.3) is 0 Å². The van der Waals surface area contributed by atoms with Crippen molar-refractivity contribution in [2.24, 2.45) is 5.73 Å². The molecule has 0 spiro atoms. The van der Waals surface area contributed by atoms with Crippen molar-refractivity contribution in [1.29, 1.82) is 0 Å². The van der Waals surface area contributed by atoms with Gasteiger partial charge in [0.15, 0.2) is 0 Å². The Morgan fingerprint density at radius 3 is 2.27 bits per heavy atom. The molecule has 4 amide bonds. The fraction of sp³-hybridized carbons (Fsp3) is 0.667. The van der Waals surface area contributed by atoms with Gasteiger partial charge in [0.2, 0.25) is 0 Å². The number of hydrogen-bond donors (Lipinski definition) is 2. The summed E-state index contributed by atoms with van der Waals surface area (Å²) in [7, 11) is 0. The average molecular weight is 159 g/mol. The maximum absolute atomic E-state index is 10.9. The lowest BCUT2D eigenvalue weighted by Crippen LogP contribution is -2.46. The Balaban J connectivity index is 4.03.